The van der Waals surface area contributed by atoms with Crippen molar-refractivity contribution < 1.29 is 4.79 Å². The topological polar surface area (TPSA) is 91.7 Å². The summed E-state index contributed by atoms with van der Waals surface area (Å²) in [4.78, 5) is 22.9. The van der Waals surface area contributed by atoms with Crippen molar-refractivity contribution in [1.29, 1.82) is 0 Å². The van der Waals surface area contributed by atoms with E-state index in [4.69, 9.17) is 0 Å². The van der Waals surface area contributed by atoms with Crippen LogP contribution >= 0.6 is 0 Å². The highest BCUT2D eigenvalue weighted by Gasteiger charge is 2.24. The predicted octanol–water partition coefficient (Wildman–Crippen LogP) is 2.92. The van der Waals surface area contributed by atoms with E-state index in [9.17, 15) is 4.79 Å². The van der Waals surface area contributed by atoms with Gasteiger partial charge in [0, 0.05) is 43.3 Å². The van der Waals surface area contributed by atoms with E-state index < -0.39 is 0 Å². The number of aromatic nitrogens is 5. The molecule has 4 rings (SSSR count). The number of carbonyl (C=O) groups is 1. The monoisotopic (exact) mass is 365 g/mol. The molecule has 2 N–H and O–H groups in total. The fraction of sp³-hybridized carbons (Fsp3) is 0.368. The molecule has 8 nitrogen and oxygen atoms in total. The van der Waals surface area contributed by atoms with Gasteiger partial charge in [0.05, 0.1) is 6.33 Å². The van der Waals surface area contributed by atoms with Gasteiger partial charge in [0.25, 0.3) is 0 Å². The molecule has 2 amide bonds. The fourth-order valence-electron chi connectivity index (χ4n) is 3.47. The number of H-pyrrole nitrogens is 1. The van der Waals surface area contributed by atoms with Crippen molar-refractivity contribution in [2.45, 2.75) is 26.3 Å². The molecule has 0 aliphatic carbocycles. The predicted molar refractivity (Wildman–Crippen MR) is 102 cm³/mol. The van der Waals surface area contributed by atoms with Gasteiger partial charge >= 0.3 is 6.03 Å². The molecule has 1 aromatic carbocycles. The number of imidazole rings is 1. The summed E-state index contributed by atoms with van der Waals surface area (Å²) in [6.45, 7) is 4.32. The molecule has 1 fully saturated rings. The highest BCUT2D eigenvalue weighted by Crippen LogP contribution is 2.21. The molecule has 27 heavy (non-hydrogen) atoms. The lowest BCUT2D eigenvalue weighted by Crippen LogP contribution is -2.43. The zero-order valence-corrected chi connectivity index (χ0v) is 15.3. The Hall–Kier alpha value is -3.16. The molecule has 1 aliphatic heterocycles. The summed E-state index contributed by atoms with van der Waals surface area (Å²) in [5, 5.41) is 9.98. The number of likely N-dealkylation sites (tertiary alicyclic amines) is 1. The first-order valence-corrected chi connectivity index (χ1v) is 9.18. The van der Waals surface area contributed by atoms with Crippen LogP contribution in [-0.2, 0) is 6.54 Å². The minimum absolute atomic E-state index is 0.0492. The average molecular weight is 365 g/mol. The lowest BCUT2D eigenvalue weighted by molar-refractivity contribution is 0.170. The van der Waals surface area contributed by atoms with Crippen LogP contribution in [0.3, 0.4) is 0 Å². The van der Waals surface area contributed by atoms with Gasteiger partial charge in [-0.05, 0) is 49.9 Å². The zero-order valence-electron chi connectivity index (χ0n) is 15.3. The summed E-state index contributed by atoms with van der Waals surface area (Å²) in [7, 11) is 0. The number of urea groups is 1. The molecule has 0 radical (unpaired) electrons. The first-order chi connectivity index (χ1) is 13.2. The zero-order chi connectivity index (χ0) is 18.6. The summed E-state index contributed by atoms with van der Waals surface area (Å²) in [6, 6.07) is 7.54. The first kappa shape index (κ1) is 17.3. The van der Waals surface area contributed by atoms with E-state index in [-0.39, 0.29) is 6.03 Å². The van der Waals surface area contributed by atoms with Crippen molar-refractivity contribution >= 4 is 11.7 Å². The minimum atomic E-state index is -0.0492. The molecule has 3 aromatic rings. The van der Waals surface area contributed by atoms with E-state index in [1.807, 2.05) is 48.6 Å². The van der Waals surface area contributed by atoms with Crippen LogP contribution < -0.4 is 5.32 Å². The quantitative estimate of drug-likeness (QED) is 0.744. The molecule has 1 saturated heterocycles. The van der Waals surface area contributed by atoms with Gasteiger partial charge in [-0.1, -0.05) is 0 Å². The van der Waals surface area contributed by atoms with Crippen molar-refractivity contribution in [3.63, 3.8) is 0 Å². The van der Waals surface area contributed by atoms with Crippen LogP contribution in [-0.4, -0.2) is 48.8 Å². The molecule has 2 aromatic heterocycles. The van der Waals surface area contributed by atoms with E-state index in [2.05, 4.69) is 30.0 Å². The number of benzene rings is 1. The first-order valence-electron chi connectivity index (χ1n) is 9.18. The van der Waals surface area contributed by atoms with Crippen molar-refractivity contribution in [3.8, 4) is 11.4 Å². The lowest BCUT2D eigenvalue weighted by Gasteiger charge is -2.33. The van der Waals surface area contributed by atoms with Crippen LogP contribution in [0.2, 0.25) is 0 Å². The van der Waals surface area contributed by atoms with Gasteiger partial charge in [-0.2, -0.15) is 5.10 Å². The summed E-state index contributed by atoms with van der Waals surface area (Å²) in [5.74, 6) is 1.89. The molecular weight excluding hydrogens is 342 g/mol. The third kappa shape index (κ3) is 4.16. The Morgan fingerprint density at radius 3 is 2.89 bits per heavy atom. The molecule has 0 bridgehead atoms. The van der Waals surface area contributed by atoms with E-state index in [1.165, 1.54) is 0 Å². The highest BCUT2D eigenvalue weighted by molar-refractivity contribution is 5.89. The smallest absolute Gasteiger partial charge is 0.321 e. The molecule has 1 unspecified atom stereocenters. The Kier molecular flexibility index (Phi) is 4.86. The lowest BCUT2D eigenvalue weighted by atomic mass is 9.98. The van der Waals surface area contributed by atoms with Crippen LogP contribution in [0, 0.1) is 12.8 Å². The summed E-state index contributed by atoms with van der Waals surface area (Å²) in [6.07, 6.45) is 7.74. The van der Waals surface area contributed by atoms with Crippen LogP contribution in [0.5, 0.6) is 0 Å². The van der Waals surface area contributed by atoms with Crippen molar-refractivity contribution in [1.82, 2.24) is 29.6 Å². The molecule has 3 heterocycles. The largest absolute Gasteiger partial charge is 0.337 e. The maximum Gasteiger partial charge on any atom is 0.321 e. The Morgan fingerprint density at radius 1 is 1.33 bits per heavy atom. The van der Waals surface area contributed by atoms with E-state index >= 15 is 0 Å². The SMILES string of the molecule is Cc1nc(-c2ccc(NC(=O)N3CCCC(Cn4ccnc4)C3)cc2)n[nH]1. The van der Waals surface area contributed by atoms with Crippen molar-refractivity contribution in [3.05, 3.63) is 48.8 Å². The third-order valence-corrected chi connectivity index (χ3v) is 4.83. The number of hydrogen-bond acceptors (Lipinski definition) is 4. The number of amides is 2. The molecule has 0 spiro atoms. The fourth-order valence-corrected chi connectivity index (χ4v) is 3.47. The Bertz CT molecular complexity index is 885. The molecular formula is C19H23N7O. The van der Waals surface area contributed by atoms with E-state index in [1.54, 1.807) is 6.20 Å². The third-order valence-electron chi connectivity index (χ3n) is 4.83. The number of aromatic amines is 1. The maximum atomic E-state index is 12.6. The van der Waals surface area contributed by atoms with Crippen LogP contribution in [0.4, 0.5) is 10.5 Å². The number of nitrogens with one attached hydrogen (secondary N) is 2. The number of carbonyl (C=O) groups excluding carboxylic acids is 1. The van der Waals surface area contributed by atoms with Gasteiger partial charge < -0.3 is 14.8 Å². The molecule has 1 aliphatic rings. The van der Waals surface area contributed by atoms with Gasteiger partial charge in [-0.25, -0.2) is 14.8 Å². The van der Waals surface area contributed by atoms with Crippen LogP contribution in [0.15, 0.2) is 43.0 Å². The number of aryl methyl sites for hydroxylation is 1. The van der Waals surface area contributed by atoms with Crippen molar-refractivity contribution in [2.75, 3.05) is 18.4 Å². The summed E-state index contributed by atoms with van der Waals surface area (Å²) >= 11 is 0. The van der Waals surface area contributed by atoms with Gasteiger partial charge in [0.2, 0.25) is 0 Å². The van der Waals surface area contributed by atoms with Crippen LogP contribution in [0.25, 0.3) is 11.4 Å². The van der Waals surface area contributed by atoms with Gasteiger partial charge in [0.1, 0.15) is 5.82 Å². The second-order valence-corrected chi connectivity index (χ2v) is 6.97. The number of rotatable bonds is 4. The number of anilines is 1. The molecule has 8 heteroatoms. The summed E-state index contributed by atoms with van der Waals surface area (Å²) < 4.78 is 2.08. The second kappa shape index (κ2) is 7.61. The van der Waals surface area contributed by atoms with E-state index in [0.717, 1.165) is 49.6 Å². The Morgan fingerprint density at radius 2 is 2.19 bits per heavy atom. The molecule has 0 saturated carbocycles. The average Bonchev–Trinajstić information content (AvgIpc) is 3.34. The standard InChI is InChI=1S/C19H23N7O/c1-14-21-18(24-23-14)16-4-6-17(7-5-16)22-19(27)26-9-2-3-15(12-26)11-25-10-8-20-13-25/h4-8,10,13,15H,2-3,9,11-12H2,1H3,(H,22,27)(H,21,23,24). The van der Waals surface area contributed by atoms with Crippen LogP contribution in [0.1, 0.15) is 18.7 Å². The number of hydrogen-bond donors (Lipinski definition) is 2. The number of piperidine rings is 1. The van der Waals surface area contributed by atoms with Gasteiger partial charge in [0.15, 0.2) is 5.82 Å². The Balaban J connectivity index is 1.35. The number of nitrogens with zero attached hydrogens (tertiary/aromatic N) is 5. The summed E-state index contributed by atoms with van der Waals surface area (Å²) in [5.41, 5.74) is 1.68. The normalized spacial score (nSPS) is 17.1. The maximum absolute atomic E-state index is 12.6. The highest BCUT2D eigenvalue weighted by atomic mass is 16.2. The second-order valence-electron chi connectivity index (χ2n) is 6.97. The minimum Gasteiger partial charge on any atom is -0.337 e. The van der Waals surface area contributed by atoms with Crippen molar-refractivity contribution in [2.24, 2.45) is 5.92 Å². The van der Waals surface area contributed by atoms with E-state index in [0.29, 0.717) is 11.7 Å². The Labute approximate surface area is 157 Å². The van der Waals surface area contributed by atoms with Gasteiger partial charge in [-0.3, -0.25) is 5.10 Å². The molecule has 1 atom stereocenters. The molecule has 140 valence electrons. The van der Waals surface area contributed by atoms with Gasteiger partial charge in [-0.15, -0.1) is 0 Å².